The Kier molecular flexibility index (Phi) is 7.76. The molecule has 0 saturated heterocycles. The summed E-state index contributed by atoms with van der Waals surface area (Å²) in [6.45, 7) is 5.12. The smallest absolute Gasteiger partial charge is 0.406 e. The van der Waals surface area contributed by atoms with Crippen LogP contribution in [0.15, 0.2) is 59.8 Å². The number of hydrogen-bond acceptors (Lipinski definition) is 8. The highest BCUT2D eigenvalue weighted by Crippen LogP contribution is 2.27. The fourth-order valence-electron chi connectivity index (χ4n) is 3.47. The predicted octanol–water partition coefficient (Wildman–Crippen LogP) is 5.32. The molecular weight excluding hydrogens is 521 g/mol. The van der Waals surface area contributed by atoms with Gasteiger partial charge in [0.25, 0.3) is 5.91 Å². The van der Waals surface area contributed by atoms with Gasteiger partial charge in [-0.1, -0.05) is 17.0 Å². The van der Waals surface area contributed by atoms with Crippen LogP contribution in [0.1, 0.15) is 44.9 Å². The monoisotopic (exact) mass is 542 g/mol. The molecule has 1 amide bonds. The molecule has 0 radical (unpaired) electrons. The first-order valence-electron chi connectivity index (χ1n) is 11.2. The van der Waals surface area contributed by atoms with Crippen molar-refractivity contribution in [2.24, 2.45) is 0 Å². The van der Waals surface area contributed by atoms with Crippen molar-refractivity contribution in [2.75, 3.05) is 5.32 Å². The minimum Gasteiger partial charge on any atom is -0.406 e. The minimum atomic E-state index is -4.82. The van der Waals surface area contributed by atoms with E-state index < -0.39 is 18.0 Å². The van der Waals surface area contributed by atoms with E-state index in [0.717, 1.165) is 23.5 Å². The Hall–Kier alpha value is -4.26. The maximum atomic E-state index is 13.1. The molecule has 4 rings (SSSR count). The van der Waals surface area contributed by atoms with Gasteiger partial charge in [0.1, 0.15) is 5.75 Å². The van der Waals surface area contributed by atoms with Crippen LogP contribution in [0.2, 0.25) is 0 Å². The molecule has 0 aliphatic heterocycles. The van der Waals surface area contributed by atoms with E-state index in [1.807, 2.05) is 19.9 Å². The van der Waals surface area contributed by atoms with Gasteiger partial charge in [0.05, 0.1) is 11.4 Å². The quantitative estimate of drug-likeness (QED) is 0.181. The standard InChI is InChI=1S/C25H21F3N6O3S/c1-14-12-15(2)30-24(29-14)38-13-21-22(23(36)31-18-6-4-17(5-7-18)16(3)35)32-33-34(21)19-8-10-20(11-9-19)37-25(26,27)28/h4-12H,13H2,1-3H3,(H,31,36). The zero-order valence-corrected chi connectivity index (χ0v) is 21.2. The number of carbonyl (C=O) groups excluding carboxylic acids is 2. The van der Waals surface area contributed by atoms with Crippen molar-refractivity contribution in [2.45, 2.75) is 38.0 Å². The largest absolute Gasteiger partial charge is 0.573 e. The second-order valence-corrected chi connectivity index (χ2v) is 9.09. The van der Waals surface area contributed by atoms with E-state index >= 15 is 0 Å². The lowest BCUT2D eigenvalue weighted by molar-refractivity contribution is -0.274. The molecule has 9 nitrogen and oxygen atoms in total. The first kappa shape index (κ1) is 26.8. The van der Waals surface area contributed by atoms with Crippen LogP contribution in [0.5, 0.6) is 5.75 Å². The Bertz CT molecular complexity index is 1450. The summed E-state index contributed by atoms with van der Waals surface area (Å²) in [4.78, 5) is 33.5. The molecule has 0 aliphatic rings. The molecule has 0 fully saturated rings. The summed E-state index contributed by atoms with van der Waals surface area (Å²) in [6.07, 6.45) is -4.82. The zero-order chi connectivity index (χ0) is 27.4. The molecule has 2 heterocycles. The van der Waals surface area contributed by atoms with Gasteiger partial charge in [-0.15, -0.1) is 18.3 Å². The first-order valence-corrected chi connectivity index (χ1v) is 12.2. The van der Waals surface area contributed by atoms with E-state index in [0.29, 0.717) is 27.8 Å². The maximum Gasteiger partial charge on any atom is 0.573 e. The van der Waals surface area contributed by atoms with Gasteiger partial charge >= 0.3 is 6.36 Å². The number of nitrogens with one attached hydrogen (secondary N) is 1. The Morgan fingerprint density at radius 3 is 2.21 bits per heavy atom. The average molecular weight is 543 g/mol. The fourth-order valence-corrected chi connectivity index (χ4v) is 4.42. The van der Waals surface area contributed by atoms with Crippen LogP contribution in [0.25, 0.3) is 5.69 Å². The molecule has 0 saturated carbocycles. The molecule has 1 N–H and O–H groups in total. The molecule has 38 heavy (non-hydrogen) atoms. The number of rotatable bonds is 8. The second kappa shape index (κ2) is 11.0. The number of thioether (sulfide) groups is 1. The van der Waals surface area contributed by atoms with Gasteiger partial charge in [0.2, 0.25) is 0 Å². The van der Waals surface area contributed by atoms with Crippen LogP contribution in [0.4, 0.5) is 18.9 Å². The van der Waals surface area contributed by atoms with E-state index in [1.54, 1.807) is 24.3 Å². The molecule has 0 spiro atoms. The Morgan fingerprint density at radius 2 is 1.63 bits per heavy atom. The van der Waals surface area contributed by atoms with E-state index in [-0.39, 0.29) is 17.2 Å². The van der Waals surface area contributed by atoms with Crippen LogP contribution in [0.3, 0.4) is 0 Å². The van der Waals surface area contributed by atoms with E-state index in [9.17, 15) is 22.8 Å². The number of aromatic nitrogens is 5. The molecule has 4 aromatic rings. The average Bonchev–Trinajstić information content (AvgIpc) is 3.26. The normalized spacial score (nSPS) is 11.3. The SMILES string of the molecule is CC(=O)c1ccc(NC(=O)c2nnn(-c3ccc(OC(F)(F)F)cc3)c2CSc2nc(C)cc(C)n2)cc1. The highest BCUT2D eigenvalue weighted by atomic mass is 32.2. The van der Waals surface area contributed by atoms with Gasteiger partial charge < -0.3 is 10.1 Å². The molecule has 0 atom stereocenters. The van der Waals surface area contributed by atoms with Crippen LogP contribution in [-0.4, -0.2) is 43.0 Å². The van der Waals surface area contributed by atoms with Crippen LogP contribution >= 0.6 is 11.8 Å². The van der Waals surface area contributed by atoms with Crippen molar-refractivity contribution < 1.29 is 27.5 Å². The third kappa shape index (κ3) is 6.73. The minimum absolute atomic E-state index is 0.00753. The maximum absolute atomic E-state index is 13.1. The Labute approximate surface area is 219 Å². The molecule has 0 aliphatic carbocycles. The summed E-state index contributed by atoms with van der Waals surface area (Å²) in [5.74, 6) is -0.873. The van der Waals surface area contributed by atoms with Gasteiger partial charge in [0.15, 0.2) is 16.6 Å². The topological polar surface area (TPSA) is 112 Å². The van der Waals surface area contributed by atoms with Gasteiger partial charge in [-0.2, -0.15) is 0 Å². The lowest BCUT2D eigenvalue weighted by Crippen LogP contribution is -2.17. The predicted molar refractivity (Wildman–Crippen MR) is 134 cm³/mol. The summed E-state index contributed by atoms with van der Waals surface area (Å²) in [7, 11) is 0. The number of aryl methyl sites for hydroxylation is 2. The number of carbonyl (C=O) groups is 2. The highest BCUT2D eigenvalue weighted by molar-refractivity contribution is 7.98. The molecule has 196 valence electrons. The van der Waals surface area contributed by atoms with Gasteiger partial charge in [0, 0.05) is 28.4 Å². The van der Waals surface area contributed by atoms with Crippen molar-refractivity contribution in [1.82, 2.24) is 25.0 Å². The van der Waals surface area contributed by atoms with E-state index in [1.165, 1.54) is 35.5 Å². The van der Waals surface area contributed by atoms with E-state index in [4.69, 9.17) is 0 Å². The zero-order valence-electron chi connectivity index (χ0n) is 20.4. The molecule has 2 aromatic carbocycles. The molecule has 2 aromatic heterocycles. The Morgan fingerprint density at radius 1 is 1.00 bits per heavy atom. The van der Waals surface area contributed by atoms with Crippen LogP contribution in [0, 0.1) is 13.8 Å². The molecular formula is C25H21F3N6O3S. The highest BCUT2D eigenvalue weighted by Gasteiger charge is 2.31. The lowest BCUT2D eigenvalue weighted by Gasteiger charge is -2.11. The van der Waals surface area contributed by atoms with Crippen LogP contribution in [-0.2, 0) is 5.75 Å². The third-order valence-corrected chi connectivity index (χ3v) is 6.00. The van der Waals surface area contributed by atoms with Gasteiger partial charge in [-0.3, -0.25) is 9.59 Å². The van der Waals surface area contributed by atoms with Gasteiger partial charge in [-0.25, -0.2) is 14.6 Å². The Balaban J connectivity index is 1.64. The van der Waals surface area contributed by atoms with E-state index in [2.05, 4.69) is 30.3 Å². The lowest BCUT2D eigenvalue weighted by atomic mass is 10.1. The molecule has 0 bridgehead atoms. The number of alkyl halides is 3. The van der Waals surface area contributed by atoms with Crippen molar-refractivity contribution in [3.05, 3.63) is 82.9 Å². The number of nitrogens with zero attached hydrogens (tertiary/aromatic N) is 5. The third-order valence-electron chi connectivity index (χ3n) is 5.14. The number of amides is 1. The van der Waals surface area contributed by atoms with Crippen molar-refractivity contribution >= 4 is 29.1 Å². The number of ketones is 1. The molecule has 13 heteroatoms. The van der Waals surface area contributed by atoms with Crippen molar-refractivity contribution in [3.8, 4) is 11.4 Å². The summed E-state index contributed by atoms with van der Waals surface area (Å²) in [6, 6.07) is 13.2. The van der Waals surface area contributed by atoms with Crippen LogP contribution < -0.4 is 10.1 Å². The number of benzene rings is 2. The molecule has 0 unspecified atom stereocenters. The summed E-state index contributed by atoms with van der Waals surface area (Å²) in [5.41, 5.74) is 3.25. The number of ether oxygens (including phenoxy) is 1. The summed E-state index contributed by atoms with van der Waals surface area (Å²) in [5, 5.41) is 11.3. The summed E-state index contributed by atoms with van der Waals surface area (Å²) >= 11 is 1.26. The number of hydrogen-bond donors (Lipinski definition) is 1. The second-order valence-electron chi connectivity index (χ2n) is 8.15. The van der Waals surface area contributed by atoms with Gasteiger partial charge in [-0.05, 0) is 75.4 Å². The summed E-state index contributed by atoms with van der Waals surface area (Å²) < 4.78 is 43.0. The van der Waals surface area contributed by atoms with Crippen molar-refractivity contribution in [1.29, 1.82) is 0 Å². The first-order chi connectivity index (χ1) is 18.0. The number of Topliss-reactive ketones (excluding diaryl/α,β-unsaturated/α-hetero) is 1. The fraction of sp³-hybridized carbons (Fsp3) is 0.200. The number of anilines is 1. The number of halogens is 3. The van der Waals surface area contributed by atoms with Crippen molar-refractivity contribution in [3.63, 3.8) is 0 Å².